The molecule has 0 unspecified atom stereocenters. The molecule has 1 heterocycles. The molecule has 2 N–H and O–H groups in total. The van der Waals surface area contributed by atoms with Crippen LogP contribution >= 0.6 is 11.6 Å². The van der Waals surface area contributed by atoms with Crippen molar-refractivity contribution in [2.45, 2.75) is 0 Å². The van der Waals surface area contributed by atoms with Gasteiger partial charge in [0.2, 0.25) is 0 Å². The Balaban J connectivity index is 2.37. The summed E-state index contributed by atoms with van der Waals surface area (Å²) in [6.07, 6.45) is 0. The molecule has 3 heteroatoms. The standard InChI is InChI=1S/C15H11ClN2/c16-15-13(10-6-2-1-3-7-10)14(17)11-8-4-5-9-12(11)18-15/h1-9H,(H2,17,18). The van der Waals surface area contributed by atoms with E-state index in [1.807, 2.05) is 54.6 Å². The summed E-state index contributed by atoms with van der Waals surface area (Å²) in [4.78, 5) is 4.40. The Morgan fingerprint density at radius 2 is 1.56 bits per heavy atom. The second kappa shape index (κ2) is 4.31. The van der Waals surface area contributed by atoms with Crippen molar-refractivity contribution in [3.8, 4) is 11.1 Å². The molecule has 0 spiro atoms. The monoisotopic (exact) mass is 254 g/mol. The van der Waals surface area contributed by atoms with Gasteiger partial charge in [-0.1, -0.05) is 60.1 Å². The molecule has 1 aromatic heterocycles. The highest BCUT2D eigenvalue weighted by molar-refractivity contribution is 6.33. The number of hydrogen-bond donors (Lipinski definition) is 1. The van der Waals surface area contributed by atoms with Crippen LogP contribution in [0.25, 0.3) is 22.0 Å². The van der Waals surface area contributed by atoms with Crippen LogP contribution in [0.2, 0.25) is 5.15 Å². The number of aromatic nitrogens is 1. The summed E-state index contributed by atoms with van der Waals surface area (Å²) in [6.45, 7) is 0. The maximum absolute atomic E-state index is 6.25. The number of rotatable bonds is 1. The molecule has 0 aliphatic heterocycles. The number of benzene rings is 2. The second-order valence-electron chi connectivity index (χ2n) is 4.07. The third-order valence-electron chi connectivity index (χ3n) is 2.95. The highest BCUT2D eigenvalue weighted by Crippen LogP contribution is 2.36. The van der Waals surface area contributed by atoms with Gasteiger partial charge in [0, 0.05) is 10.9 Å². The number of halogens is 1. The maximum atomic E-state index is 6.25. The van der Waals surface area contributed by atoms with Crippen molar-refractivity contribution in [1.29, 1.82) is 0 Å². The van der Waals surface area contributed by atoms with E-state index in [4.69, 9.17) is 17.3 Å². The molecule has 0 radical (unpaired) electrons. The van der Waals surface area contributed by atoms with E-state index in [0.717, 1.165) is 22.0 Å². The number of nitrogens with zero attached hydrogens (tertiary/aromatic N) is 1. The molecule has 2 aromatic carbocycles. The van der Waals surface area contributed by atoms with Crippen molar-refractivity contribution in [3.63, 3.8) is 0 Å². The Morgan fingerprint density at radius 1 is 0.889 bits per heavy atom. The molecule has 3 aromatic rings. The van der Waals surface area contributed by atoms with E-state index >= 15 is 0 Å². The zero-order chi connectivity index (χ0) is 12.5. The Labute approximate surface area is 110 Å². The van der Waals surface area contributed by atoms with Crippen LogP contribution in [-0.4, -0.2) is 4.98 Å². The zero-order valence-electron chi connectivity index (χ0n) is 9.60. The summed E-state index contributed by atoms with van der Waals surface area (Å²) < 4.78 is 0. The summed E-state index contributed by atoms with van der Waals surface area (Å²) in [5, 5.41) is 1.37. The number of fused-ring (bicyclic) bond motifs is 1. The highest BCUT2D eigenvalue weighted by Gasteiger charge is 2.12. The molecule has 0 fully saturated rings. The number of nitrogens with two attached hydrogens (primary N) is 1. The van der Waals surface area contributed by atoms with Crippen LogP contribution in [0.5, 0.6) is 0 Å². The minimum Gasteiger partial charge on any atom is -0.398 e. The van der Waals surface area contributed by atoms with Crippen molar-refractivity contribution in [1.82, 2.24) is 4.98 Å². The molecule has 3 rings (SSSR count). The average molecular weight is 255 g/mol. The zero-order valence-corrected chi connectivity index (χ0v) is 10.4. The molecular formula is C15H11ClN2. The van der Waals surface area contributed by atoms with E-state index < -0.39 is 0 Å². The van der Waals surface area contributed by atoms with Crippen LogP contribution in [0.3, 0.4) is 0 Å². The van der Waals surface area contributed by atoms with Gasteiger partial charge in [-0.2, -0.15) is 0 Å². The van der Waals surface area contributed by atoms with E-state index in [1.54, 1.807) is 0 Å². The first-order chi connectivity index (χ1) is 8.77. The summed E-state index contributed by atoms with van der Waals surface area (Å²) in [6, 6.07) is 17.6. The van der Waals surface area contributed by atoms with Crippen LogP contribution in [0.4, 0.5) is 5.69 Å². The van der Waals surface area contributed by atoms with Gasteiger partial charge in [-0.25, -0.2) is 4.98 Å². The van der Waals surface area contributed by atoms with Crippen LogP contribution in [0, 0.1) is 0 Å². The molecule has 0 aliphatic rings. The second-order valence-corrected chi connectivity index (χ2v) is 4.43. The van der Waals surface area contributed by atoms with Crippen LogP contribution in [-0.2, 0) is 0 Å². The normalized spacial score (nSPS) is 10.7. The highest BCUT2D eigenvalue weighted by atomic mass is 35.5. The van der Waals surface area contributed by atoms with Gasteiger partial charge in [-0.05, 0) is 11.6 Å². The molecule has 88 valence electrons. The van der Waals surface area contributed by atoms with E-state index in [1.165, 1.54) is 0 Å². The molecule has 18 heavy (non-hydrogen) atoms. The van der Waals surface area contributed by atoms with Gasteiger partial charge in [0.05, 0.1) is 11.2 Å². The molecule has 0 amide bonds. The topological polar surface area (TPSA) is 38.9 Å². The van der Waals surface area contributed by atoms with Gasteiger partial charge in [-0.15, -0.1) is 0 Å². The van der Waals surface area contributed by atoms with Gasteiger partial charge in [0.25, 0.3) is 0 Å². The number of anilines is 1. The van der Waals surface area contributed by atoms with Crippen LogP contribution < -0.4 is 5.73 Å². The van der Waals surface area contributed by atoms with Crippen molar-refractivity contribution in [2.24, 2.45) is 0 Å². The number of pyridine rings is 1. The predicted octanol–water partition coefficient (Wildman–Crippen LogP) is 4.14. The summed E-state index contributed by atoms with van der Waals surface area (Å²) in [5.41, 5.74) is 9.51. The van der Waals surface area contributed by atoms with Crippen molar-refractivity contribution < 1.29 is 0 Å². The first-order valence-electron chi connectivity index (χ1n) is 5.66. The van der Waals surface area contributed by atoms with Crippen LogP contribution in [0.1, 0.15) is 0 Å². The first-order valence-corrected chi connectivity index (χ1v) is 6.04. The number of hydrogen-bond acceptors (Lipinski definition) is 2. The van der Waals surface area contributed by atoms with E-state index in [2.05, 4.69) is 4.98 Å². The minimum atomic E-state index is 0.442. The molecule has 0 bridgehead atoms. The van der Waals surface area contributed by atoms with Gasteiger partial charge < -0.3 is 5.73 Å². The van der Waals surface area contributed by atoms with E-state index in [0.29, 0.717) is 10.8 Å². The van der Waals surface area contributed by atoms with Gasteiger partial charge in [-0.3, -0.25) is 0 Å². The van der Waals surface area contributed by atoms with Crippen molar-refractivity contribution in [3.05, 3.63) is 59.8 Å². The Morgan fingerprint density at radius 3 is 2.33 bits per heavy atom. The maximum Gasteiger partial charge on any atom is 0.139 e. The van der Waals surface area contributed by atoms with Gasteiger partial charge in [0.1, 0.15) is 5.15 Å². The third-order valence-corrected chi connectivity index (χ3v) is 3.22. The van der Waals surface area contributed by atoms with E-state index in [-0.39, 0.29) is 0 Å². The average Bonchev–Trinajstić information content (AvgIpc) is 2.40. The van der Waals surface area contributed by atoms with Gasteiger partial charge >= 0.3 is 0 Å². The Bertz CT molecular complexity index is 708. The molecule has 0 saturated carbocycles. The fraction of sp³-hybridized carbons (Fsp3) is 0. The lowest BCUT2D eigenvalue weighted by atomic mass is 10.0. The van der Waals surface area contributed by atoms with Crippen molar-refractivity contribution in [2.75, 3.05) is 5.73 Å². The molecule has 2 nitrogen and oxygen atoms in total. The Kier molecular flexibility index (Phi) is 2.65. The fourth-order valence-electron chi connectivity index (χ4n) is 2.09. The Hall–Kier alpha value is -2.06. The fourth-order valence-corrected chi connectivity index (χ4v) is 2.39. The largest absolute Gasteiger partial charge is 0.398 e. The first kappa shape index (κ1) is 11.1. The molecule has 0 aliphatic carbocycles. The lowest BCUT2D eigenvalue weighted by Crippen LogP contribution is -1.95. The van der Waals surface area contributed by atoms with E-state index in [9.17, 15) is 0 Å². The quantitative estimate of drug-likeness (QED) is 0.663. The molecular weight excluding hydrogens is 244 g/mol. The lowest BCUT2D eigenvalue weighted by molar-refractivity contribution is 1.41. The van der Waals surface area contributed by atoms with Crippen LogP contribution in [0.15, 0.2) is 54.6 Å². The SMILES string of the molecule is Nc1c(-c2ccccc2)c(Cl)nc2ccccc12. The number of para-hydroxylation sites is 1. The third kappa shape index (κ3) is 1.71. The summed E-state index contributed by atoms with van der Waals surface area (Å²) in [5.74, 6) is 0. The van der Waals surface area contributed by atoms with Gasteiger partial charge in [0.15, 0.2) is 0 Å². The summed E-state index contributed by atoms with van der Waals surface area (Å²) in [7, 11) is 0. The smallest absolute Gasteiger partial charge is 0.139 e. The molecule has 0 saturated heterocycles. The lowest BCUT2D eigenvalue weighted by Gasteiger charge is -2.10. The minimum absolute atomic E-state index is 0.442. The molecule has 0 atom stereocenters. The summed E-state index contributed by atoms with van der Waals surface area (Å²) >= 11 is 6.25. The predicted molar refractivity (Wildman–Crippen MR) is 76.6 cm³/mol. The number of nitrogen functional groups attached to an aromatic ring is 1. The van der Waals surface area contributed by atoms with Crippen molar-refractivity contribution >= 4 is 28.2 Å².